The summed E-state index contributed by atoms with van der Waals surface area (Å²) in [5.74, 6) is -1.28. The molecule has 0 aliphatic rings. The summed E-state index contributed by atoms with van der Waals surface area (Å²) in [7, 11) is 0. The lowest BCUT2D eigenvalue weighted by molar-refractivity contribution is 0.0691. The number of fused-ring (bicyclic) bond motifs is 1. The van der Waals surface area contributed by atoms with Crippen LogP contribution in [-0.4, -0.2) is 16.1 Å². The van der Waals surface area contributed by atoms with E-state index >= 15 is 0 Å². The molecule has 4 heteroatoms. The number of halogens is 1. The highest BCUT2D eigenvalue weighted by Crippen LogP contribution is 2.27. The number of aromatic nitrogens is 1. The number of carboxylic acid groups (broad SMARTS) is 1. The van der Waals surface area contributed by atoms with Crippen LogP contribution in [-0.2, 0) is 0 Å². The fraction of sp³-hybridized carbons (Fsp3) is 0.250. The molecule has 0 unspecified atom stereocenters. The van der Waals surface area contributed by atoms with E-state index in [9.17, 15) is 9.18 Å². The average Bonchev–Trinajstić information content (AvgIpc) is 2.62. The summed E-state index contributed by atoms with van der Waals surface area (Å²) in [6.07, 6.45) is 0. The predicted molar refractivity (Wildman–Crippen MR) is 59.3 cm³/mol. The first-order chi connectivity index (χ1) is 7.50. The molecule has 2 aromatic rings. The van der Waals surface area contributed by atoms with Crippen molar-refractivity contribution in [2.24, 2.45) is 0 Å². The van der Waals surface area contributed by atoms with Crippen molar-refractivity contribution in [2.45, 2.75) is 19.8 Å². The molecule has 0 saturated heterocycles. The normalized spacial score (nSPS) is 11.2. The van der Waals surface area contributed by atoms with Crippen molar-refractivity contribution in [1.29, 1.82) is 0 Å². The van der Waals surface area contributed by atoms with Crippen LogP contribution in [0, 0.1) is 5.82 Å². The van der Waals surface area contributed by atoms with E-state index in [4.69, 9.17) is 5.11 Å². The van der Waals surface area contributed by atoms with Gasteiger partial charge in [0.25, 0.3) is 0 Å². The van der Waals surface area contributed by atoms with E-state index in [1.54, 1.807) is 6.07 Å². The van der Waals surface area contributed by atoms with Crippen molar-refractivity contribution in [3.8, 4) is 0 Å². The quantitative estimate of drug-likeness (QED) is 0.818. The summed E-state index contributed by atoms with van der Waals surface area (Å²) < 4.78 is 13.5. The maximum Gasteiger partial charge on any atom is 0.352 e. The van der Waals surface area contributed by atoms with Gasteiger partial charge >= 0.3 is 5.97 Å². The van der Waals surface area contributed by atoms with Gasteiger partial charge in [0.15, 0.2) is 0 Å². The lowest BCUT2D eigenvalue weighted by Gasteiger charge is -2.06. The van der Waals surface area contributed by atoms with Gasteiger partial charge < -0.3 is 10.1 Å². The highest BCUT2D eigenvalue weighted by atomic mass is 19.1. The number of rotatable bonds is 2. The minimum Gasteiger partial charge on any atom is -0.477 e. The molecule has 0 fully saturated rings. The zero-order valence-electron chi connectivity index (χ0n) is 9.04. The van der Waals surface area contributed by atoms with Crippen molar-refractivity contribution in [1.82, 2.24) is 4.98 Å². The van der Waals surface area contributed by atoms with Crippen molar-refractivity contribution < 1.29 is 14.3 Å². The van der Waals surface area contributed by atoms with Gasteiger partial charge in [-0.05, 0) is 23.6 Å². The maximum atomic E-state index is 13.5. The van der Waals surface area contributed by atoms with E-state index in [0.29, 0.717) is 5.39 Å². The monoisotopic (exact) mass is 221 g/mol. The second-order valence-corrected chi connectivity index (χ2v) is 4.07. The molecule has 0 spiro atoms. The third kappa shape index (κ3) is 1.56. The third-order valence-electron chi connectivity index (χ3n) is 2.63. The highest BCUT2D eigenvalue weighted by Gasteiger charge is 2.14. The molecular formula is C12H12FNO2. The minimum absolute atomic E-state index is 0.0157. The van der Waals surface area contributed by atoms with E-state index in [1.807, 2.05) is 13.8 Å². The van der Waals surface area contributed by atoms with Crippen molar-refractivity contribution in [3.05, 3.63) is 35.3 Å². The molecule has 0 atom stereocenters. The van der Waals surface area contributed by atoms with Crippen LogP contribution in [0.3, 0.4) is 0 Å². The van der Waals surface area contributed by atoms with Crippen LogP contribution >= 0.6 is 0 Å². The minimum atomic E-state index is -1.08. The molecule has 1 aromatic heterocycles. The first kappa shape index (κ1) is 10.7. The summed E-state index contributed by atoms with van der Waals surface area (Å²) in [5.41, 5.74) is 1.23. The fourth-order valence-electron chi connectivity index (χ4n) is 1.83. The van der Waals surface area contributed by atoms with Gasteiger partial charge in [-0.25, -0.2) is 9.18 Å². The number of aromatic amines is 1. The van der Waals surface area contributed by atoms with E-state index in [0.717, 1.165) is 5.56 Å². The Bertz CT molecular complexity index is 557. The van der Waals surface area contributed by atoms with E-state index < -0.39 is 11.8 Å². The third-order valence-corrected chi connectivity index (χ3v) is 2.63. The molecule has 0 bridgehead atoms. The zero-order valence-corrected chi connectivity index (χ0v) is 9.04. The molecule has 0 saturated carbocycles. The molecule has 0 amide bonds. The van der Waals surface area contributed by atoms with Crippen molar-refractivity contribution in [3.63, 3.8) is 0 Å². The molecule has 1 aromatic carbocycles. The first-order valence-corrected chi connectivity index (χ1v) is 5.05. The summed E-state index contributed by atoms with van der Waals surface area (Å²) in [6.45, 7) is 3.97. The number of hydrogen-bond donors (Lipinski definition) is 2. The van der Waals surface area contributed by atoms with Crippen LogP contribution in [0.5, 0.6) is 0 Å². The summed E-state index contributed by atoms with van der Waals surface area (Å²) >= 11 is 0. The molecule has 16 heavy (non-hydrogen) atoms. The molecule has 3 nitrogen and oxygen atoms in total. The predicted octanol–water partition coefficient (Wildman–Crippen LogP) is 3.13. The number of aromatic carboxylic acids is 1. The second-order valence-electron chi connectivity index (χ2n) is 4.07. The largest absolute Gasteiger partial charge is 0.477 e. The van der Waals surface area contributed by atoms with Crippen molar-refractivity contribution in [2.75, 3.05) is 0 Å². The molecule has 1 heterocycles. The lowest BCUT2D eigenvalue weighted by atomic mass is 9.99. The van der Waals surface area contributed by atoms with Gasteiger partial charge in [-0.2, -0.15) is 0 Å². The molecule has 2 N–H and O–H groups in total. The molecule has 0 aliphatic carbocycles. The molecule has 0 radical (unpaired) electrons. The van der Waals surface area contributed by atoms with Crippen LogP contribution in [0.15, 0.2) is 18.2 Å². The maximum absolute atomic E-state index is 13.5. The van der Waals surface area contributed by atoms with Crippen molar-refractivity contribution >= 4 is 16.9 Å². The van der Waals surface area contributed by atoms with Crippen LogP contribution in [0.2, 0.25) is 0 Å². The highest BCUT2D eigenvalue weighted by molar-refractivity contribution is 5.95. The summed E-state index contributed by atoms with van der Waals surface area (Å²) in [5, 5.41) is 9.50. The molecular weight excluding hydrogens is 209 g/mol. The molecule has 2 rings (SSSR count). The van der Waals surface area contributed by atoms with Crippen LogP contribution in [0.25, 0.3) is 10.9 Å². The average molecular weight is 221 g/mol. The van der Waals surface area contributed by atoms with Gasteiger partial charge in [-0.1, -0.05) is 19.9 Å². The Morgan fingerprint density at radius 2 is 2.12 bits per heavy atom. The Hall–Kier alpha value is -1.84. The van der Waals surface area contributed by atoms with Gasteiger partial charge in [0.2, 0.25) is 0 Å². The lowest BCUT2D eigenvalue weighted by Crippen LogP contribution is -1.95. The van der Waals surface area contributed by atoms with E-state index in [-0.39, 0.29) is 17.1 Å². The Balaban J connectivity index is 2.77. The van der Waals surface area contributed by atoms with E-state index in [1.165, 1.54) is 12.1 Å². The summed E-state index contributed by atoms with van der Waals surface area (Å²) in [4.78, 5) is 13.4. The van der Waals surface area contributed by atoms with E-state index in [2.05, 4.69) is 4.98 Å². The summed E-state index contributed by atoms with van der Waals surface area (Å²) in [6, 6.07) is 4.54. The Labute approximate surface area is 91.9 Å². The number of hydrogen-bond acceptors (Lipinski definition) is 1. The van der Waals surface area contributed by atoms with Crippen LogP contribution in [0.4, 0.5) is 4.39 Å². The number of benzene rings is 1. The smallest absolute Gasteiger partial charge is 0.352 e. The Morgan fingerprint density at radius 1 is 1.44 bits per heavy atom. The van der Waals surface area contributed by atoms with Crippen LogP contribution < -0.4 is 0 Å². The number of carboxylic acids is 1. The Kier molecular flexibility index (Phi) is 2.42. The number of H-pyrrole nitrogens is 1. The second kappa shape index (κ2) is 3.63. The standard InChI is InChI=1S/C12H12FNO2/c1-6(2)7-3-4-9(13)11-8(7)5-10(14-11)12(15)16/h3-6,14H,1-2H3,(H,15,16). The Morgan fingerprint density at radius 3 is 2.69 bits per heavy atom. The number of nitrogens with one attached hydrogen (secondary N) is 1. The topological polar surface area (TPSA) is 53.1 Å². The first-order valence-electron chi connectivity index (χ1n) is 5.05. The van der Waals surface area contributed by atoms with Gasteiger partial charge in [0.1, 0.15) is 11.5 Å². The number of carbonyl (C=O) groups is 1. The van der Waals surface area contributed by atoms with Gasteiger partial charge in [-0.15, -0.1) is 0 Å². The van der Waals surface area contributed by atoms with Gasteiger partial charge in [0.05, 0.1) is 5.52 Å². The molecule has 84 valence electrons. The van der Waals surface area contributed by atoms with Crippen LogP contribution in [0.1, 0.15) is 35.8 Å². The van der Waals surface area contributed by atoms with Gasteiger partial charge in [0, 0.05) is 5.39 Å². The SMILES string of the molecule is CC(C)c1ccc(F)c2[nH]c(C(=O)O)cc12. The zero-order chi connectivity index (χ0) is 11.9. The van der Waals surface area contributed by atoms with Gasteiger partial charge in [-0.3, -0.25) is 0 Å². The fourth-order valence-corrected chi connectivity index (χ4v) is 1.83. The molecule has 0 aliphatic heterocycles.